The van der Waals surface area contributed by atoms with Crippen molar-refractivity contribution in [3.05, 3.63) is 76.0 Å². The van der Waals surface area contributed by atoms with Crippen molar-refractivity contribution < 1.29 is 18.7 Å². The second-order valence-corrected chi connectivity index (χ2v) is 7.42. The maximum absolute atomic E-state index is 12.9. The molecule has 7 heteroatoms. The highest BCUT2D eigenvalue weighted by Crippen LogP contribution is 2.38. The summed E-state index contributed by atoms with van der Waals surface area (Å²) >= 11 is 12.1. The smallest absolute Gasteiger partial charge is 0.231 e. The van der Waals surface area contributed by atoms with Gasteiger partial charge in [-0.05, 0) is 53.6 Å². The van der Waals surface area contributed by atoms with Gasteiger partial charge in [0.2, 0.25) is 12.6 Å². The molecule has 1 aromatic heterocycles. The number of nitrogen functional groups attached to an aromatic ring is 1. The Labute approximate surface area is 175 Å². The van der Waals surface area contributed by atoms with Gasteiger partial charge in [-0.3, -0.25) is 4.79 Å². The fraction of sp³-hybridized carbons (Fsp3) is 0.0455. The van der Waals surface area contributed by atoms with Gasteiger partial charge in [0, 0.05) is 16.0 Å². The molecular formula is C22H13Cl2NO4. The molecule has 0 radical (unpaired) electrons. The first kappa shape index (κ1) is 17.9. The molecule has 5 nitrogen and oxygen atoms in total. The highest BCUT2D eigenvalue weighted by atomic mass is 35.5. The van der Waals surface area contributed by atoms with Crippen LogP contribution >= 0.6 is 23.2 Å². The zero-order valence-corrected chi connectivity index (χ0v) is 16.4. The number of ketones is 1. The lowest BCUT2D eigenvalue weighted by Crippen LogP contribution is -2.03. The summed E-state index contributed by atoms with van der Waals surface area (Å²) in [7, 11) is 0. The molecule has 2 N–H and O–H groups in total. The van der Waals surface area contributed by atoms with Crippen molar-refractivity contribution in [2.24, 2.45) is 0 Å². The Balaban J connectivity index is 1.57. The summed E-state index contributed by atoms with van der Waals surface area (Å²) in [6.45, 7) is 0.214. The number of nitrogens with two attached hydrogens (primary N) is 1. The zero-order valence-electron chi connectivity index (χ0n) is 14.9. The molecule has 0 fully saturated rings. The SMILES string of the molecule is Nc1c(C(=O)c2ccc(Cl)cc2Cl)oc2cc(-c3ccc4c(c3)OCO4)ccc12. The second-order valence-electron chi connectivity index (χ2n) is 6.58. The van der Waals surface area contributed by atoms with E-state index >= 15 is 0 Å². The largest absolute Gasteiger partial charge is 0.454 e. The Morgan fingerprint density at radius 1 is 0.897 bits per heavy atom. The van der Waals surface area contributed by atoms with E-state index in [0.717, 1.165) is 11.1 Å². The van der Waals surface area contributed by atoms with E-state index in [1.54, 1.807) is 12.1 Å². The van der Waals surface area contributed by atoms with Gasteiger partial charge in [0.05, 0.1) is 10.7 Å². The highest BCUT2D eigenvalue weighted by Gasteiger charge is 2.23. The van der Waals surface area contributed by atoms with Crippen LogP contribution in [0.2, 0.25) is 10.0 Å². The molecule has 2 heterocycles. The van der Waals surface area contributed by atoms with Crippen molar-refractivity contribution in [3.8, 4) is 22.6 Å². The number of fused-ring (bicyclic) bond motifs is 2. The fourth-order valence-electron chi connectivity index (χ4n) is 3.34. The third-order valence-electron chi connectivity index (χ3n) is 4.82. The van der Waals surface area contributed by atoms with Crippen molar-refractivity contribution >= 4 is 45.6 Å². The van der Waals surface area contributed by atoms with Crippen molar-refractivity contribution in [2.75, 3.05) is 12.5 Å². The topological polar surface area (TPSA) is 74.7 Å². The number of halogens is 2. The van der Waals surface area contributed by atoms with Crippen LogP contribution in [0.25, 0.3) is 22.1 Å². The van der Waals surface area contributed by atoms with E-state index in [4.69, 9.17) is 42.8 Å². The number of rotatable bonds is 3. The zero-order chi connectivity index (χ0) is 20.1. The van der Waals surface area contributed by atoms with Gasteiger partial charge in [-0.1, -0.05) is 35.3 Å². The van der Waals surface area contributed by atoms with Crippen molar-refractivity contribution in [3.63, 3.8) is 0 Å². The first-order valence-corrected chi connectivity index (χ1v) is 9.48. The molecule has 0 unspecified atom stereocenters. The number of hydrogen-bond donors (Lipinski definition) is 1. The number of anilines is 1. The van der Waals surface area contributed by atoms with Gasteiger partial charge in [0.15, 0.2) is 17.3 Å². The molecule has 0 amide bonds. The van der Waals surface area contributed by atoms with Gasteiger partial charge in [-0.15, -0.1) is 0 Å². The maximum Gasteiger partial charge on any atom is 0.231 e. The Hall–Kier alpha value is -3.15. The van der Waals surface area contributed by atoms with E-state index in [1.807, 2.05) is 36.4 Å². The number of furan rings is 1. The lowest BCUT2D eigenvalue weighted by atomic mass is 10.0. The van der Waals surface area contributed by atoms with Crippen LogP contribution in [0.5, 0.6) is 11.5 Å². The van der Waals surface area contributed by atoms with Crippen LogP contribution in [-0.2, 0) is 0 Å². The fourth-order valence-corrected chi connectivity index (χ4v) is 3.83. The Morgan fingerprint density at radius 3 is 2.48 bits per heavy atom. The normalized spacial score (nSPS) is 12.5. The quantitative estimate of drug-likeness (QED) is 0.410. The third kappa shape index (κ3) is 2.99. The van der Waals surface area contributed by atoms with Gasteiger partial charge in [-0.2, -0.15) is 0 Å². The standard InChI is InChI=1S/C22H13Cl2NO4/c23-13-3-5-14(16(24)9-13)21(26)22-20(25)15-4-1-11(7-18(15)29-22)12-2-6-17-19(8-12)28-10-27-17/h1-9H,10,25H2. The average Bonchev–Trinajstić information content (AvgIpc) is 3.31. The summed E-state index contributed by atoms with van der Waals surface area (Å²) in [6, 6.07) is 15.9. The molecule has 0 atom stereocenters. The van der Waals surface area contributed by atoms with Gasteiger partial charge in [0.25, 0.3) is 0 Å². The van der Waals surface area contributed by atoms with Gasteiger partial charge in [0.1, 0.15) is 5.58 Å². The maximum atomic E-state index is 12.9. The van der Waals surface area contributed by atoms with Crippen LogP contribution in [0.15, 0.2) is 59.0 Å². The van der Waals surface area contributed by atoms with E-state index in [2.05, 4.69) is 0 Å². The molecule has 0 saturated carbocycles. The van der Waals surface area contributed by atoms with Crippen molar-refractivity contribution in [2.45, 2.75) is 0 Å². The highest BCUT2D eigenvalue weighted by molar-refractivity contribution is 6.37. The van der Waals surface area contributed by atoms with Crippen LogP contribution in [0, 0.1) is 0 Å². The van der Waals surface area contributed by atoms with E-state index in [0.29, 0.717) is 27.5 Å². The second kappa shape index (κ2) is 6.72. The summed E-state index contributed by atoms with van der Waals surface area (Å²) in [4.78, 5) is 12.9. The molecule has 0 aliphatic carbocycles. The minimum absolute atomic E-state index is 0.0482. The van der Waals surface area contributed by atoms with Crippen LogP contribution in [0.3, 0.4) is 0 Å². The molecule has 5 rings (SSSR count). The lowest BCUT2D eigenvalue weighted by molar-refractivity contribution is 0.101. The number of ether oxygens (including phenoxy) is 2. The van der Waals surface area contributed by atoms with E-state index < -0.39 is 5.78 Å². The summed E-state index contributed by atoms with van der Waals surface area (Å²) < 4.78 is 16.6. The number of carbonyl (C=O) groups excluding carboxylic acids is 1. The first-order valence-electron chi connectivity index (χ1n) is 8.73. The van der Waals surface area contributed by atoms with Gasteiger partial charge in [-0.25, -0.2) is 0 Å². The van der Waals surface area contributed by atoms with Gasteiger partial charge >= 0.3 is 0 Å². The molecule has 144 valence electrons. The van der Waals surface area contributed by atoms with Crippen LogP contribution in [0.4, 0.5) is 5.69 Å². The molecule has 0 saturated heterocycles. The predicted octanol–water partition coefficient (Wildman–Crippen LogP) is 5.95. The Morgan fingerprint density at radius 2 is 1.66 bits per heavy atom. The summed E-state index contributed by atoms with van der Waals surface area (Å²) in [5.41, 5.74) is 9.08. The molecular weight excluding hydrogens is 413 g/mol. The molecule has 29 heavy (non-hydrogen) atoms. The summed E-state index contributed by atoms with van der Waals surface area (Å²) in [5.74, 6) is 1.05. The number of benzene rings is 3. The molecule has 1 aliphatic rings. The number of hydrogen-bond acceptors (Lipinski definition) is 5. The van der Waals surface area contributed by atoms with E-state index in [9.17, 15) is 4.79 Å². The first-order chi connectivity index (χ1) is 14.0. The minimum Gasteiger partial charge on any atom is -0.454 e. The van der Waals surface area contributed by atoms with Crippen molar-refractivity contribution in [1.82, 2.24) is 0 Å². The predicted molar refractivity (Wildman–Crippen MR) is 112 cm³/mol. The number of carbonyl (C=O) groups is 1. The molecule has 0 spiro atoms. The van der Waals surface area contributed by atoms with Crippen LogP contribution in [-0.4, -0.2) is 12.6 Å². The molecule has 0 bridgehead atoms. The third-order valence-corrected chi connectivity index (χ3v) is 5.36. The van der Waals surface area contributed by atoms with Crippen molar-refractivity contribution in [1.29, 1.82) is 0 Å². The monoisotopic (exact) mass is 425 g/mol. The Bertz CT molecular complexity index is 1300. The minimum atomic E-state index is -0.398. The summed E-state index contributed by atoms with van der Waals surface area (Å²) in [6.07, 6.45) is 0. The van der Waals surface area contributed by atoms with E-state index in [-0.39, 0.29) is 28.8 Å². The average molecular weight is 426 g/mol. The van der Waals surface area contributed by atoms with E-state index in [1.165, 1.54) is 6.07 Å². The molecule has 1 aliphatic heterocycles. The lowest BCUT2D eigenvalue weighted by Gasteiger charge is -2.03. The Kier molecular flexibility index (Phi) is 4.15. The van der Waals surface area contributed by atoms with Crippen LogP contribution in [0.1, 0.15) is 16.1 Å². The molecule has 4 aromatic rings. The molecule has 3 aromatic carbocycles. The summed E-state index contributed by atoms with van der Waals surface area (Å²) in [5, 5.41) is 1.34. The van der Waals surface area contributed by atoms with Gasteiger partial charge < -0.3 is 19.6 Å². The van der Waals surface area contributed by atoms with Crippen LogP contribution < -0.4 is 15.2 Å².